The molecule has 1 aromatic rings. The molecular weight excluding hydrogens is 479 g/mol. The van der Waals surface area contributed by atoms with Crippen molar-refractivity contribution in [1.82, 2.24) is 10.3 Å². The van der Waals surface area contributed by atoms with E-state index in [4.69, 9.17) is 21.1 Å². The van der Waals surface area contributed by atoms with Crippen molar-refractivity contribution in [2.24, 2.45) is 17.3 Å². The van der Waals surface area contributed by atoms with Crippen molar-refractivity contribution in [2.45, 2.75) is 70.0 Å². The number of nitrogens with zero attached hydrogens (tertiary/aromatic N) is 1. The standard InChI is InChI=1S/C25H34ClFN2O6/c1-14-12-34-13-25(26)20(35-25)10-18(17(27)9-16-7-5-6-8-28-16)29-21(31)11-19(30)24(3,4)23(33)15(2)22(14)32/h5-9,14-15,18-20,22,30,32H,10-13H2,1-4H3,(H,29,31)/b17-9-/t14-,15+,18-,19-,20?,22-,25?/m0/s1. The van der Waals surface area contributed by atoms with Gasteiger partial charge in [0.1, 0.15) is 17.7 Å². The number of carbonyl (C=O) groups excluding carboxylic acids is 2. The van der Waals surface area contributed by atoms with Crippen LogP contribution in [0.2, 0.25) is 0 Å². The number of hydrogen-bond donors (Lipinski definition) is 3. The maximum atomic E-state index is 15.2. The number of ketones is 1. The first-order valence-corrected chi connectivity index (χ1v) is 12.2. The van der Waals surface area contributed by atoms with Crippen LogP contribution >= 0.6 is 11.6 Å². The highest BCUT2D eigenvalue weighted by Crippen LogP contribution is 2.44. The quantitative estimate of drug-likeness (QED) is 0.411. The molecule has 0 bridgehead atoms. The van der Waals surface area contributed by atoms with Crippen LogP contribution in [-0.2, 0) is 19.1 Å². The van der Waals surface area contributed by atoms with Crippen LogP contribution in [-0.4, -0.2) is 69.5 Å². The van der Waals surface area contributed by atoms with Crippen LogP contribution in [0.15, 0.2) is 30.2 Å². The molecule has 7 atom stereocenters. The molecule has 2 aliphatic heterocycles. The highest BCUT2D eigenvalue weighted by molar-refractivity contribution is 6.25. The van der Waals surface area contributed by atoms with Gasteiger partial charge >= 0.3 is 0 Å². The van der Waals surface area contributed by atoms with Crippen LogP contribution in [0.25, 0.3) is 6.08 Å². The lowest BCUT2D eigenvalue weighted by atomic mass is 9.73. The molecule has 10 heteroatoms. The van der Waals surface area contributed by atoms with E-state index in [1.165, 1.54) is 26.1 Å². The monoisotopic (exact) mass is 512 g/mol. The summed E-state index contributed by atoms with van der Waals surface area (Å²) in [6, 6.07) is 3.95. The number of amides is 1. The van der Waals surface area contributed by atoms with Crippen molar-refractivity contribution in [3.8, 4) is 0 Å². The van der Waals surface area contributed by atoms with Crippen LogP contribution in [0.3, 0.4) is 0 Å². The van der Waals surface area contributed by atoms with Crippen LogP contribution in [0, 0.1) is 17.3 Å². The summed E-state index contributed by atoms with van der Waals surface area (Å²) in [6.45, 7) is 6.50. The molecule has 0 aliphatic carbocycles. The Labute approximate surface area is 209 Å². The zero-order valence-corrected chi connectivity index (χ0v) is 21.2. The zero-order chi connectivity index (χ0) is 26.0. The van der Waals surface area contributed by atoms with Crippen LogP contribution in [0.4, 0.5) is 4.39 Å². The molecule has 0 radical (unpaired) electrons. The molecule has 2 aliphatic rings. The van der Waals surface area contributed by atoms with Gasteiger partial charge in [0.15, 0.2) is 5.06 Å². The Bertz CT molecular complexity index is 945. The maximum Gasteiger partial charge on any atom is 0.223 e. The Hall–Kier alpha value is -1.91. The molecule has 1 amide bonds. The predicted molar refractivity (Wildman–Crippen MR) is 128 cm³/mol. The molecule has 2 unspecified atom stereocenters. The number of pyridine rings is 1. The van der Waals surface area contributed by atoms with E-state index >= 15 is 4.39 Å². The van der Waals surface area contributed by atoms with Gasteiger partial charge in [-0.3, -0.25) is 14.6 Å². The highest BCUT2D eigenvalue weighted by Gasteiger charge is 2.56. The number of alkyl halides is 1. The van der Waals surface area contributed by atoms with Crippen molar-refractivity contribution in [3.05, 3.63) is 35.9 Å². The van der Waals surface area contributed by atoms with E-state index < -0.39 is 64.8 Å². The summed E-state index contributed by atoms with van der Waals surface area (Å²) in [4.78, 5) is 30.0. The third-order valence-corrected chi connectivity index (χ3v) is 7.33. The highest BCUT2D eigenvalue weighted by atomic mass is 35.5. The molecule has 2 saturated heterocycles. The first-order valence-electron chi connectivity index (χ1n) is 11.8. The number of Topliss-reactive ketones (excluding diaryl/α,β-unsaturated/α-hetero) is 1. The third kappa shape index (κ3) is 6.65. The molecule has 8 nitrogen and oxygen atoms in total. The van der Waals surface area contributed by atoms with E-state index in [0.717, 1.165) is 0 Å². The Balaban J connectivity index is 1.86. The van der Waals surface area contributed by atoms with E-state index in [0.29, 0.717) is 5.69 Å². The summed E-state index contributed by atoms with van der Waals surface area (Å²) in [5.74, 6) is -2.89. The molecular formula is C25H34ClFN2O6. The normalized spacial score (nSPS) is 37.3. The summed E-state index contributed by atoms with van der Waals surface area (Å²) in [7, 11) is 0. The Morgan fingerprint density at radius 3 is 2.66 bits per heavy atom. The van der Waals surface area contributed by atoms with Gasteiger partial charge in [0.05, 0.1) is 49.0 Å². The fourth-order valence-corrected chi connectivity index (χ4v) is 4.55. The molecule has 0 spiro atoms. The summed E-state index contributed by atoms with van der Waals surface area (Å²) >= 11 is 6.47. The second kappa shape index (κ2) is 11.0. The van der Waals surface area contributed by atoms with Gasteiger partial charge < -0.3 is 25.0 Å². The van der Waals surface area contributed by atoms with E-state index in [1.54, 1.807) is 32.0 Å². The molecule has 3 heterocycles. The van der Waals surface area contributed by atoms with Gasteiger partial charge in [0.2, 0.25) is 5.91 Å². The summed E-state index contributed by atoms with van der Waals surface area (Å²) < 4.78 is 26.5. The molecule has 3 N–H and O–H groups in total. The second-order valence-corrected chi connectivity index (χ2v) is 10.7. The lowest BCUT2D eigenvalue weighted by Gasteiger charge is -2.34. The Morgan fingerprint density at radius 2 is 2.00 bits per heavy atom. The largest absolute Gasteiger partial charge is 0.392 e. The minimum atomic E-state index is -1.35. The molecule has 3 rings (SSSR count). The number of halogens is 2. The van der Waals surface area contributed by atoms with Crippen LogP contribution in [0.5, 0.6) is 0 Å². The van der Waals surface area contributed by atoms with Gasteiger partial charge in [0.25, 0.3) is 0 Å². The van der Waals surface area contributed by atoms with Gasteiger partial charge in [-0.25, -0.2) is 4.39 Å². The number of epoxide rings is 1. The molecule has 1 aromatic heterocycles. The molecule has 0 saturated carbocycles. The van der Waals surface area contributed by atoms with Gasteiger partial charge in [-0.1, -0.05) is 45.4 Å². The Kier molecular flexibility index (Phi) is 8.70. The average Bonchev–Trinajstić information content (AvgIpc) is 3.45. The topological polar surface area (TPSA) is 121 Å². The number of aliphatic hydroxyl groups excluding tert-OH is 2. The third-order valence-electron chi connectivity index (χ3n) is 6.89. The van der Waals surface area contributed by atoms with Crippen molar-refractivity contribution in [2.75, 3.05) is 13.2 Å². The minimum Gasteiger partial charge on any atom is -0.392 e. The fourth-order valence-electron chi connectivity index (χ4n) is 4.28. The summed E-state index contributed by atoms with van der Waals surface area (Å²) in [5.41, 5.74) is -0.949. The molecule has 2 fully saturated rings. The van der Waals surface area contributed by atoms with E-state index in [9.17, 15) is 19.8 Å². The number of aliphatic hydroxyl groups is 2. The fraction of sp³-hybridized carbons (Fsp3) is 0.640. The van der Waals surface area contributed by atoms with Crippen molar-refractivity contribution < 1.29 is 33.7 Å². The van der Waals surface area contributed by atoms with Gasteiger partial charge in [-0.15, -0.1) is 0 Å². The van der Waals surface area contributed by atoms with E-state index in [2.05, 4.69) is 10.3 Å². The Morgan fingerprint density at radius 1 is 1.29 bits per heavy atom. The lowest BCUT2D eigenvalue weighted by Crippen LogP contribution is -2.47. The maximum absolute atomic E-state index is 15.2. The molecule has 35 heavy (non-hydrogen) atoms. The first kappa shape index (κ1) is 27.7. The number of aromatic nitrogens is 1. The first-order chi connectivity index (χ1) is 16.3. The van der Waals surface area contributed by atoms with E-state index in [-0.39, 0.29) is 25.4 Å². The van der Waals surface area contributed by atoms with Gasteiger partial charge in [-0.2, -0.15) is 0 Å². The number of fused-ring (bicyclic) bond motifs is 1. The second-order valence-electron chi connectivity index (χ2n) is 10.1. The van der Waals surface area contributed by atoms with Crippen molar-refractivity contribution in [3.63, 3.8) is 0 Å². The van der Waals surface area contributed by atoms with Crippen LogP contribution in [0.1, 0.15) is 46.2 Å². The number of hydrogen-bond acceptors (Lipinski definition) is 7. The van der Waals surface area contributed by atoms with Gasteiger partial charge in [0, 0.05) is 24.5 Å². The SMILES string of the molecule is C[C@H]1COCC2(Cl)OC2C[C@@H](/C(F)=C/c2ccccn2)NC(=O)C[C@H](O)C(C)(C)C(=O)[C@H](C)[C@H]1O. The van der Waals surface area contributed by atoms with Crippen LogP contribution < -0.4 is 5.32 Å². The van der Waals surface area contributed by atoms with Crippen molar-refractivity contribution >= 4 is 29.4 Å². The van der Waals surface area contributed by atoms with Crippen molar-refractivity contribution in [1.29, 1.82) is 0 Å². The lowest BCUT2D eigenvalue weighted by molar-refractivity contribution is -0.143. The summed E-state index contributed by atoms with van der Waals surface area (Å²) in [5, 5.41) is 22.9. The average molecular weight is 513 g/mol. The number of nitrogens with one attached hydrogen (secondary N) is 1. The predicted octanol–water partition coefficient (Wildman–Crippen LogP) is 2.61. The molecule has 194 valence electrons. The number of ether oxygens (including phenoxy) is 2. The zero-order valence-electron chi connectivity index (χ0n) is 20.4. The van der Waals surface area contributed by atoms with Gasteiger partial charge in [-0.05, 0) is 18.2 Å². The molecule has 0 aromatic carbocycles. The minimum absolute atomic E-state index is 0.00490. The smallest absolute Gasteiger partial charge is 0.223 e. The number of carbonyl (C=O) groups is 2. The number of rotatable bonds is 2. The summed E-state index contributed by atoms with van der Waals surface area (Å²) in [6.07, 6.45) is -0.618. The van der Waals surface area contributed by atoms with E-state index in [1.807, 2.05) is 0 Å².